The predicted octanol–water partition coefficient (Wildman–Crippen LogP) is 4.98. The maximum Gasteiger partial charge on any atom is 0.433 e. The van der Waals surface area contributed by atoms with E-state index in [0.717, 1.165) is 49.3 Å². The fraction of sp³-hybridized carbons (Fsp3) is 0.381. The smallest absolute Gasteiger partial charge is 0.339 e. The molecule has 1 fully saturated rings. The van der Waals surface area contributed by atoms with Gasteiger partial charge >= 0.3 is 6.18 Å². The van der Waals surface area contributed by atoms with Crippen molar-refractivity contribution in [2.75, 3.05) is 13.1 Å². The van der Waals surface area contributed by atoms with Crippen molar-refractivity contribution in [3.8, 4) is 11.4 Å². The van der Waals surface area contributed by atoms with Crippen LogP contribution in [0.15, 0.2) is 41.1 Å². The average molecular weight is 420 g/mol. The van der Waals surface area contributed by atoms with Gasteiger partial charge in [0.05, 0.1) is 0 Å². The highest BCUT2D eigenvalue weighted by molar-refractivity contribution is 5.52. The van der Waals surface area contributed by atoms with E-state index in [0.29, 0.717) is 18.0 Å². The minimum absolute atomic E-state index is 0.0820. The Hall–Kier alpha value is -2.81. The van der Waals surface area contributed by atoms with Crippen LogP contribution in [0.1, 0.15) is 41.5 Å². The Bertz CT molecular complexity index is 1010. The lowest BCUT2D eigenvalue weighted by Gasteiger charge is -2.30. The zero-order chi connectivity index (χ0) is 21.3. The number of halogens is 4. The van der Waals surface area contributed by atoms with Gasteiger partial charge in [-0.3, -0.25) is 9.88 Å². The second-order valence-electron chi connectivity index (χ2n) is 7.51. The summed E-state index contributed by atoms with van der Waals surface area (Å²) in [5, 5.41) is 3.90. The van der Waals surface area contributed by atoms with Crippen LogP contribution >= 0.6 is 0 Å². The highest BCUT2D eigenvalue weighted by atomic mass is 19.4. The van der Waals surface area contributed by atoms with Crippen molar-refractivity contribution in [1.82, 2.24) is 20.0 Å². The zero-order valence-electron chi connectivity index (χ0n) is 16.3. The summed E-state index contributed by atoms with van der Waals surface area (Å²) in [5.41, 5.74) is 1.45. The maximum absolute atomic E-state index is 13.5. The van der Waals surface area contributed by atoms with Gasteiger partial charge in [-0.05, 0) is 68.2 Å². The molecule has 0 atom stereocenters. The second kappa shape index (κ2) is 8.14. The van der Waals surface area contributed by atoms with Crippen molar-refractivity contribution in [3.63, 3.8) is 0 Å². The molecule has 2 aromatic heterocycles. The van der Waals surface area contributed by atoms with Crippen LogP contribution in [0, 0.1) is 12.7 Å². The SMILES string of the molecule is Cc1ccc(F)cc1CN1CCC(c2nc(-c3ccc(C(F)(F)F)nc3)no2)CC1. The first-order chi connectivity index (χ1) is 14.3. The van der Waals surface area contributed by atoms with Gasteiger partial charge in [0.25, 0.3) is 0 Å². The fourth-order valence-corrected chi connectivity index (χ4v) is 3.60. The van der Waals surface area contributed by atoms with E-state index in [2.05, 4.69) is 20.0 Å². The summed E-state index contributed by atoms with van der Waals surface area (Å²) in [4.78, 5) is 10.1. The quantitative estimate of drug-likeness (QED) is 0.558. The molecule has 3 heterocycles. The van der Waals surface area contributed by atoms with E-state index in [1.54, 1.807) is 12.1 Å². The molecule has 0 unspecified atom stereocenters. The summed E-state index contributed by atoms with van der Waals surface area (Å²) in [5.74, 6) is 0.552. The topological polar surface area (TPSA) is 55.1 Å². The minimum Gasteiger partial charge on any atom is -0.339 e. The Kier molecular flexibility index (Phi) is 5.55. The highest BCUT2D eigenvalue weighted by Crippen LogP contribution is 2.31. The van der Waals surface area contributed by atoms with Gasteiger partial charge in [-0.2, -0.15) is 18.2 Å². The first-order valence-corrected chi connectivity index (χ1v) is 9.64. The third kappa shape index (κ3) is 4.51. The Labute approximate surface area is 170 Å². The van der Waals surface area contributed by atoms with E-state index in [4.69, 9.17) is 4.52 Å². The third-order valence-corrected chi connectivity index (χ3v) is 5.40. The Morgan fingerprint density at radius 2 is 1.90 bits per heavy atom. The highest BCUT2D eigenvalue weighted by Gasteiger charge is 2.32. The molecule has 5 nitrogen and oxygen atoms in total. The predicted molar refractivity (Wildman–Crippen MR) is 101 cm³/mol. The molecule has 1 saturated heterocycles. The van der Waals surface area contributed by atoms with E-state index < -0.39 is 11.9 Å². The van der Waals surface area contributed by atoms with Gasteiger partial charge in [0.2, 0.25) is 11.7 Å². The van der Waals surface area contributed by atoms with Gasteiger partial charge in [-0.25, -0.2) is 4.39 Å². The van der Waals surface area contributed by atoms with Crippen molar-refractivity contribution in [1.29, 1.82) is 0 Å². The number of nitrogens with zero attached hydrogens (tertiary/aromatic N) is 4. The molecule has 0 N–H and O–H groups in total. The molecular weight excluding hydrogens is 400 g/mol. The number of aryl methyl sites for hydroxylation is 1. The van der Waals surface area contributed by atoms with Crippen molar-refractivity contribution in [2.24, 2.45) is 0 Å². The van der Waals surface area contributed by atoms with Crippen LogP contribution in [-0.2, 0) is 12.7 Å². The van der Waals surface area contributed by atoms with Crippen molar-refractivity contribution in [3.05, 3.63) is 65.1 Å². The van der Waals surface area contributed by atoms with E-state index in [-0.39, 0.29) is 17.6 Å². The summed E-state index contributed by atoms with van der Waals surface area (Å²) >= 11 is 0. The van der Waals surface area contributed by atoms with Gasteiger partial charge in [-0.15, -0.1) is 0 Å². The van der Waals surface area contributed by atoms with Crippen LogP contribution in [-0.4, -0.2) is 33.1 Å². The number of rotatable bonds is 4. The molecule has 9 heteroatoms. The molecule has 1 aromatic carbocycles. The largest absolute Gasteiger partial charge is 0.433 e. The monoisotopic (exact) mass is 420 g/mol. The number of likely N-dealkylation sites (tertiary alicyclic amines) is 1. The van der Waals surface area contributed by atoms with Crippen LogP contribution in [0.25, 0.3) is 11.4 Å². The van der Waals surface area contributed by atoms with Crippen LogP contribution in [0.2, 0.25) is 0 Å². The number of hydrogen-bond donors (Lipinski definition) is 0. The molecule has 4 rings (SSSR count). The minimum atomic E-state index is -4.49. The second-order valence-corrected chi connectivity index (χ2v) is 7.51. The fourth-order valence-electron chi connectivity index (χ4n) is 3.60. The van der Waals surface area contributed by atoms with Gasteiger partial charge in [0.15, 0.2) is 0 Å². The van der Waals surface area contributed by atoms with E-state index in [1.165, 1.54) is 12.1 Å². The molecule has 0 spiro atoms. The van der Waals surface area contributed by atoms with Crippen molar-refractivity contribution < 1.29 is 22.1 Å². The average Bonchev–Trinajstić information content (AvgIpc) is 3.21. The van der Waals surface area contributed by atoms with Crippen LogP contribution in [0.5, 0.6) is 0 Å². The van der Waals surface area contributed by atoms with Gasteiger partial charge in [-0.1, -0.05) is 11.2 Å². The van der Waals surface area contributed by atoms with Crippen molar-refractivity contribution in [2.45, 2.75) is 38.4 Å². The normalized spacial score (nSPS) is 16.2. The molecule has 0 saturated carbocycles. The first kappa shape index (κ1) is 20.5. The van der Waals surface area contributed by atoms with Gasteiger partial charge < -0.3 is 4.52 Å². The Morgan fingerprint density at radius 1 is 1.13 bits per heavy atom. The number of hydrogen-bond acceptors (Lipinski definition) is 5. The molecule has 30 heavy (non-hydrogen) atoms. The maximum atomic E-state index is 13.5. The summed E-state index contributed by atoms with van der Waals surface area (Å²) < 4.78 is 56.8. The van der Waals surface area contributed by atoms with Gasteiger partial charge in [0, 0.05) is 24.2 Å². The molecule has 0 amide bonds. The summed E-state index contributed by atoms with van der Waals surface area (Å²) in [7, 11) is 0. The number of piperidine rings is 1. The number of aromatic nitrogens is 3. The van der Waals surface area contributed by atoms with E-state index >= 15 is 0 Å². The number of benzene rings is 1. The number of alkyl halides is 3. The Morgan fingerprint density at radius 3 is 2.57 bits per heavy atom. The van der Waals surface area contributed by atoms with Crippen LogP contribution in [0.4, 0.5) is 17.6 Å². The van der Waals surface area contributed by atoms with Gasteiger partial charge in [0.1, 0.15) is 11.5 Å². The summed E-state index contributed by atoms with van der Waals surface area (Å²) in [6.45, 7) is 4.26. The molecule has 0 bridgehead atoms. The lowest BCUT2D eigenvalue weighted by molar-refractivity contribution is -0.141. The molecule has 0 radical (unpaired) electrons. The van der Waals surface area contributed by atoms with Crippen LogP contribution in [0.3, 0.4) is 0 Å². The molecule has 1 aliphatic heterocycles. The molecular formula is C21H20F4N4O. The lowest BCUT2D eigenvalue weighted by atomic mass is 9.96. The van der Waals surface area contributed by atoms with E-state index in [9.17, 15) is 17.6 Å². The zero-order valence-corrected chi connectivity index (χ0v) is 16.3. The lowest BCUT2D eigenvalue weighted by Crippen LogP contribution is -2.32. The third-order valence-electron chi connectivity index (χ3n) is 5.40. The molecule has 0 aliphatic carbocycles. The summed E-state index contributed by atoms with van der Waals surface area (Å²) in [6.07, 6.45) is -1.77. The summed E-state index contributed by atoms with van der Waals surface area (Å²) in [6, 6.07) is 7.01. The molecule has 3 aromatic rings. The Balaban J connectivity index is 1.38. The van der Waals surface area contributed by atoms with E-state index in [1.807, 2.05) is 6.92 Å². The first-order valence-electron chi connectivity index (χ1n) is 9.64. The standard InChI is InChI=1S/C21H20F4N4O/c1-13-2-4-17(22)10-16(13)12-29-8-6-14(7-9-29)20-27-19(28-30-20)15-3-5-18(26-11-15)21(23,24)25/h2-5,10-11,14H,6-9,12H2,1H3. The number of pyridine rings is 1. The van der Waals surface area contributed by atoms with Crippen molar-refractivity contribution >= 4 is 0 Å². The molecule has 1 aliphatic rings. The van der Waals surface area contributed by atoms with Crippen LogP contribution < -0.4 is 0 Å². The molecule has 158 valence electrons.